The second-order valence-electron chi connectivity index (χ2n) is 2.54. The third-order valence-electron chi connectivity index (χ3n) is 1.43. The number of ether oxygens (including phenoxy) is 1. The molecule has 0 bridgehead atoms. The summed E-state index contributed by atoms with van der Waals surface area (Å²) in [6.07, 6.45) is 0.357. The third kappa shape index (κ3) is 2.75. The van der Waals surface area contributed by atoms with E-state index in [1.807, 2.05) is 0 Å². The molecule has 14 heavy (non-hydrogen) atoms. The fourth-order valence-electron chi connectivity index (χ4n) is 0.728. The van der Waals surface area contributed by atoms with E-state index in [1.165, 1.54) is 19.2 Å². The largest absolute Gasteiger partial charge is 0.479 e. The van der Waals surface area contributed by atoms with Gasteiger partial charge in [0, 0.05) is 12.3 Å². The molecule has 0 aromatic carbocycles. The van der Waals surface area contributed by atoms with E-state index in [-0.39, 0.29) is 10.9 Å². The predicted octanol–water partition coefficient (Wildman–Crippen LogP) is 2.24. The maximum atomic E-state index is 10.5. The van der Waals surface area contributed by atoms with Gasteiger partial charge in [-0.1, -0.05) is 23.2 Å². The lowest BCUT2D eigenvalue weighted by molar-refractivity contribution is -0.144. The second kappa shape index (κ2) is 4.48. The van der Waals surface area contributed by atoms with Crippen LogP contribution < -0.4 is 4.74 Å². The first kappa shape index (κ1) is 11.1. The number of halogens is 2. The Morgan fingerprint density at radius 1 is 1.64 bits per heavy atom. The van der Waals surface area contributed by atoms with Crippen LogP contribution in [0.1, 0.15) is 6.92 Å². The summed E-state index contributed by atoms with van der Waals surface area (Å²) in [5, 5.41) is 9.00. The molecule has 0 saturated carbocycles. The van der Waals surface area contributed by atoms with Crippen molar-refractivity contribution in [2.45, 2.75) is 13.0 Å². The molecule has 6 heteroatoms. The van der Waals surface area contributed by atoms with Crippen LogP contribution in [0, 0.1) is 0 Å². The van der Waals surface area contributed by atoms with Crippen molar-refractivity contribution in [3.05, 3.63) is 22.4 Å². The number of carboxylic acid groups (broad SMARTS) is 1. The third-order valence-corrected chi connectivity index (χ3v) is 1.92. The average Bonchev–Trinajstić information content (AvgIpc) is 2.11. The summed E-state index contributed by atoms with van der Waals surface area (Å²) >= 11 is 11.3. The number of nitrogens with zero attached hydrogens (tertiary/aromatic N) is 1. The Kier molecular flexibility index (Phi) is 3.55. The summed E-state index contributed by atoms with van der Waals surface area (Å²) in [7, 11) is 0. The minimum absolute atomic E-state index is 0.0856. The van der Waals surface area contributed by atoms with Gasteiger partial charge in [0.2, 0.25) is 0 Å². The van der Waals surface area contributed by atoms with Crippen molar-refractivity contribution in [1.29, 1.82) is 0 Å². The Labute approximate surface area is 90.4 Å². The molecule has 1 N–H and O–H groups in total. The minimum Gasteiger partial charge on any atom is -0.479 e. The fourth-order valence-corrected chi connectivity index (χ4v) is 1.02. The lowest BCUT2D eigenvalue weighted by atomic mass is 10.4. The highest BCUT2D eigenvalue weighted by Crippen LogP contribution is 2.25. The zero-order valence-electron chi connectivity index (χ0n) is 7.20. The van der Waals surface area contributed by atoms with E-state index < -0.39 is 12.1 Å². The van der Waals surface area contributed by atoms with Crippen LogP contribution in [0.25, 0.3) is 0 Å². The van der Waals surface area contributed by atoms with Crippen molar-refractivity contribution in [3.8, 4) is 5.75 Å². The zero-order valence-corrected chi connectivity index (χ0v) is 8.71. The van der Waals surface area contributed by atoms with Crippen LogP contribution in [0.2, 0.25) is 10.2 Å². The molecule has 0 amide bonds. The van der Waals surface area contributed by atoms with Crippen LogP contribution in [-0.4, -0.2) is 22.2 Å². The number of hydrogen-bond donors (Lipinski definition) is 1. The molecule has 1 unspecified atom stereocenters. The van der Waals surface area contributed by atoms with E-state index in [9.17, 15) is 4.79 Å². The van der Waals surface area contributed by atoms with Gasteiger partial charge in [-0.25, -0.2) is 9.78 Å². The van der Waals surface area contributed by atoms with E-state index in [0.29, 0.717) is 5.02 Å². The minimum atomic E-state index is -1.08. The molecule has 1 aromatic rings. The van der Waals surface area contributed by atoms with Gasteiger partial charge in [-0.3, -0.25) is 0 Å². The Bertz CT molecular complexity index is 356. The number of carbonyl (C=O) groups is 1. The van der Waals surface area contributed by atoms with Crippen LogP contribution in [0.3, 0.4) is 0 Å². The van der Waals surface area contributed by atoms with E-state index in [0.717, 1.165) is 0 Å². The standard InChI is InChI=1S/C8H7Cl2NO3/c1-4(8(12)13)14-6-2-5(9)3-11-7(6)10/h2-4H,1H3,(H,12,13). The monoisotopic (exact) mass is 235 g/mol. The Balaban J connectivity index is 2.85. The molecule has 1 heterocycles. The molecule has 0 aliphatic carbocycles. The van der Waals surface area contributed by atoms with Crippen molar-refractivity contribution < 1.29 is 14.6 Å². The number of pyridine rings is 1. The summed E-state index contributed by atoms with van der Waals surface area (Å²) in [6.45, 7) is 1.39. The first-order valence-electron chi connectivity index (χ1n) is 3.71. The van der Waals surface area contributed by atoms with Crippen LogP contribution in [0.4, 0.5) is 0 Å². The summed E-state index contributed by atoms with van der Waals surface area (Å²) < 4.78 is 5.01. The number of aliphatic carboxylic acids is 1. The van der Waals surface area contributed by atoms with Gasteiger partial charge in [0.25, 0.3) is 0 Å². The first-order valence-corrected chi connectivity index (χ1v) is 4.47. The van der Waals surface area contributed by atoms with Crippen molar-refractivity contribution in [3.63, 3.8) is 0 Å². The lowest BCUT2D eigenvalue weighted by Gasteiger charge is -2.10. The van der Waals surface area contributed by atoms with Gasteiger partial charge in [0.1, 0.15) is 0 Å². The highest BCUT2D eigenvalue weighted by Gasteiger charge is 2.15. The van der Waals surface area contributed by atoms with Crippen molar-refractivity contribution in [2.75, 3.05) is 0 Å². The Hall–Kier alpha value is -1.00. The van der Waals surface area contributed by atoms with Gasteiger partial charge in [-0.05, 0) is 6.92 Å². The van der Waals surface area contributed by atoms with Crippen LogP contribution in [0.15, 0.2) is 12.3 Å². The van der Waals surface area contributed by atoms with Crippen LogP contribution in [-0.2, 0) is 4.79 Å². The molecule has 1 atom stereocenters. The Morgan fingerprint density at radius 3 is 2.86 bits per heavy atom. The molecular formula is C8H7Cl2NO3. The number of aromatic nitrogens is 1. The van der Waals surface area contributed by atoms with E-state index in [1.54, 1.807) is 0 Å². The number of rotatable bonds is 3. The van der Waals surface area contributed by atoms with Crippen molar-refractivity contribution in [2.24, 2.45) is 0 Å². The van der Waals surface area contributed by atoms with Crippen molar-refractivity contribution in [1.82, 2.24) is 4.98 Å². The van der Waals surface area contributed by atoms with Gasteiger partial charge in [-0.15, -0.1) is 0 Å². The molecule has 0 aliphatic heterocycles. The summed E-state index contributed by atoms with van der Waals surface area (Å²) in [5.74, 6) is -0.921. The summed E-state index contributed by atoms with van der Waals surface area (Å²) in [4.78, 5) is 14.2. The van der Waals surface area contributed by atoms with Gasteiger partial charge in [0.05, 0.1) is 5.02 Å². The normalized spacial score (nSPS) is 12.2. The molecule has 76 valence electrons. The smallest absolute Gasteiger partial charge is 0.344 e. The second-order valence-corrected chi connectivity index (χ2v) is 3.34. The van der Waals surface area contributed by atoms with E-state index in [2.05, 4.69) is 4.98 Å². The summed E-state index contributed by atoms with van der Waals surface area (Å²) in [5.41, 5.74) is 0. The molecule has 0 spiro atoms. The number of carboxylic acids is 1. The van der Waals surface area contributed by atoms with Crippen LogP contribution >= 0.6 is 23.2 Å². The molecular weight excluding hydrogens is 229 g/mol. The highest BCUT2D eigenvalue weighted by atomic mass is 35.5. The zero-order chi connectivity index (χ0) is 10.7. The molecule has 1 rings (SSSR count). The Morgan fingerprint density at radius 2 is 2.29 bits per heavy atom. The van der Waals surface area contributed by atoms with Gasteiger partial charge < -0.3 is 9.84 Å². The fraction of sp³-hybridized carbons (Fsp3) is 0.250. The van der Waals surface area contributed by atoms with Gasteiger partial charge in [0.15, 0.2) is 17.0 Å². The topological polar surface area (TPSA) is 59.4 Å². The average molecular weight is 236 g/mol. The molecule has 4 nitrogen and oxygen atoms in total. The predicted molar refractivity (Wildman–Crippen MR) is 52.0 cm³/mol. The first-order chi connectivity index (χ1) is 6.50. The number of hydrogen-bond acceptors (Lipinski definition) is 3. The maximum Gasteiger partial charge on any atom is 0.344 e. The van der Waals surface area contributed by atoms with Crippen LogP contribution in [0.5, 0.6) is 5.75 Å². The SMILES string of the molecule is CC(Oc1cc(Cl)cnc1Cl)C(=O)O. The van der Waals surface area contributed by atoms with Gasteiger partial charge >= 0.3 is 5.97 Å². The van der Waals surface area contributed by atoms with E-state index >= 15 is 0 Å². The van der Waals surface area contributed by atoms with Gasteiger partial charge in [-0.2, -0.15) is 0 Å². The lowest BCUT2D eigenvalue weighted by Crippen LogP contribution is -2.23. The highest BCUT2D eigenvalue weighted by molar-refractivity contribution is 6.33. The molecule has 1 aromatic heterocycles. The quantitative estimate of drug-likeness (QED) is 0.817. The van der Waals surface area contributed by atoms with E-state index in [4.69, 9.17) is 33.0 Å². The molecule has 0 radical (unpaired) electrons. The summed E-state index contributed by atoms with van der Waals surface area (Å²) in [6, 6.07) is 1.41. The van der Waals surface area contributed by atoms with Crippen molar-refractivity contribution >= 4 is 29.2 Å². The maximum absolute atomic E-state index is 10.5. The molecule has 0 saturated heterocycles. The molecule has 0 fully saturated rings. The molecule has 0 aliphatic rings.